The van der Waals surface area contributed by atoms with Crippen LogP contribution in [0.2, 0.25) is 0 Å². The van der Waals surface area contributed by atoms with Gasteiger partial charge in [0.1, 0.15) is 0 Å². The first-order chi connectivity index (χ1) is 9.40. The van der Waals surface area contributed by atoms with Gasteiger partial charge in [-0.3, -0.25) is 0 Å². The summed E-state index contributed by atoms with van der Waals surface area (Å²) in [5, 5.41) is 3.45. The van der Waals surface area contributed by atoms with E-state index in [0.29, 0.717) is 19.1 Å². The van der Waals surface area contributed by atoms with Crippen LogP contribution in [0.5, 0.6) is 17.2 Å². The maximum atomic E-state index is 5.83. The first-order valence-corrected chi connectivity index (χ1v) is 7.07. The Labute approximate surface area is 114 Å². The average Bonchev–Trinajstić information content (AvgIpc) is 2.72. The standard InChI is InChI=1S/C15H21NO3/c1-17-14-12(11-4-2-7-16-10-11)5-6-13-15(14)19-9-3-8-18-13/h5-6,11,16H,2-4,7-10H2,1H3. The fraction of sp³-hybridized carbons (Fsp3) is 0.600. The summed E-state index contributed by atoms with van der Waals surface area (Å²) in [7, 11) is 1.71. The van der Waals surface area contributed by atoms with Gasteiger partial charge in [0.25, 0.3) is 0 Å². The second kappa shape index (κ2) is 5.70. The molecule has 0 radical (unpaired) electrons. The van der Waals surface area contributed by atoms with Crippen LogP contribution in [0.1, 0.15) is 30.7 Å². The van der Waals surface area contributed by atoms with E-state index in [4.69, 9.17) is 14.2 Å². The number of nitrogens with one attached hydrogen (secondary N) is 1. The second-order valence-electron chi connectivity index (χ2n) is 5.11. The summed E-state index contributed by atoms with van der Waals surface area (Å²) in [5.41, 5.74) is 1.24. The highest BCUT2D eigenvalue weighted by molar-refractivity contribution is 5.57. The fourth-order valence-corrected chi connectivity index (χ4v) is 2.87. The van der Waals surface area contributed by atoms with E-state index < -0.39 is 0 Å². The lowest BCUT2D eigenvalue weighted by Gasteiger charge is -2.26. The van der Waals surface area contributed by atoms with Crippen molar-refractivity contribution < 1.29 is 14.2 Å². The molecule has 2 aliphatic heterocycles. The Balaban J connectivity index is 1.97. The van der Waals surface area contributed by atoms with Crippen LogP contribution in [0, 0.1) is 0 Å². The number of piperidine rings is 1. The van der Waals surface area contributed by atoms with Gasteiger partial charge >= 0.3 is 0 Å². The van der Waals surface area contributed by atoms with Crippen LogP contribution in [0.3, 0.4) is 0 Å². The van der Waals surface area contributed by atoms with E-state index in [1.54, 1.807) is 7.11 Å². The van der Waals surface area contributed by atoms with Crippen LogP contribution < -0.4 is 19.5 Å². The first-order valence-electron chi connectivity index (χ1n) is 7.07. The molecule has 3 rings (SSSR count). The summed E-state index contributed by atoms with van der Waals surface area (Å²) in [4.78, 5) is 0. The van der Waals surface area contributed by atoms with E-state index in [1.165, 1.54) is 18.4 Å². The van der Waals surface area contributed by atoms with E-state index in [1.807, 2.05) is 6.07 Å². The zero-order chi connectivity index (χ0) is 13.1. The molecule has 0 aromatic heterocycles. The van der Waals surface area contributed by atoms with Crippen LogP contribution >= 0.6 is 0 Å². The van der Waals surface area contributed by atoms with Crippen molar-refractivity contribution in [2.24, 2.45) is 0 Å². The van der Waals surface area contributed by atoms with E-state index in [0.717, 1.165) is 36.8 Å². The fourth-order valence-electron chi connectivity index (χ4n) is 2.87. The molecule has 1 saturated heterocycles. The summed E-state index contributed by atoms with van der Waals surface area (Å²) < 4.78 is 17.2. The molecule has 1 atom stereocenters. The number of rotatable bonds is 2. The SMILES string of the molecule is COc1c(C2CCCNC2)ccc2c1OCCCO2. The van der Waals surface area contributed by atoms with Gasteiger partial charge in [0.15, 0.2) is 11.5 Å². The number of ether oxygens (including phenoxy) is 3. The van der Waals surface area contributed by atoms with Gasteiger partial charge < -0.3 is 19.5 Å². The maximum Gasteiger partial charge on any atom is 0.203 e. The highest BCUT2D eigenvalue weighted by Gasteiger charge is 2.25. The molecule has 0 amide bonds. The average molecular weight is 263 g/mol. The highest BCUT2D eigenvalue weighted by Crippen LogP contribution is 2.44. The minimum absolute atomic E-state index is 0.501. The van der Waals surface area contributed by atoms with E-state index >= 15 is 0 Å². The molecule has 0 saturated carbocycles. The van der Waals surface area contributed by atoms with E-state index in [9.17, 15) is 0 Å². The molecule has 0 aliphatic carbocycles. The minimum Gasteiger partial charge on any atom is -0.492 e. The lowest BCUT2D eigenvalue weighted by atomic mass is 9.90. The Bertz CT molecular complexity index is 441. The molecule has 0 bridgehead atoms. The predicted molar refractivity (Wildman–Crippen MR) is 73.4 cm³/mol. The number of hydrogen-bond donors (Lipinski definition) is 1. The molecule has 2 aliphatic rings. The van der Waals surface area contributed by atoms with Gasteiger partial charge in [-0.15, -0.1) is 0 Å². The molecule has 2 heterocycles. The van der Waals surface area contributed by atoms with Crippen LogP contribution in [0.25, 0.3) is 0 Å². The molecule has 1 aromatic rings. The van der Waals surface area contributed by atoms with Gasteiger partial charge in [0.2, 0.25) is 5.75 Å². The summed E-state index contributed by atoms with van der Waals surface area (Å²) in [6, 6.07) is 4.15. The molecule has 1 fully saturated rings. The largest absolute Gasteiger partial charge is 0.492 e. The number of methoxy groups -OCH3 is 1. The normalized spacial score (nSPS) is 22.7. The van der Waals surface area contributed by atoms with Gasteiger partial charge in [-0.25, -0.2) is 0 Å². The van der Waals surface area contributed by atoms with Gasteiger partial charge in [-0.1, -0.05) is 6.07 Å². The first kappa shape index (κ1) is 12.6. The molecule has 1 unspecified atom stereocenters. The maximum absolute atomic E-state index is 5.83. The quantitative estimate of drug-likeness (QED) is 0.889. The van der Waals surface area contributed by atoms with Crippen LogP contribution in [0.4, 0.5) is 0 Å². The highest BCUT2D eigenvalue weighted by atomic mass is 16.5. The van der Waals surface area contributed by atoms with Gasteiger partial charge in [0, 0.05) is 24.4 Å². The number of hydrogen-bond acceptors (Lipinski definition) is 4. The van der Waals surface area contributed by atoms with Crippen molar-refractivity contribution in [1.82, 2.24) is 5.32 Å². The molecular weight excluding hydrogens is 242 g/mol. The molecule has 19 heavy (non-hydrogen) atoms. The van der Waals surface area contributed by atoms with Gasteiger partial charge in [-0.05, 0) is 25.5 Å². The molecule has 1 N–H and O–H groups in total. The number of benzene rings is 1. The topological polar surface area (TPSA) is 39.7 Å². The molecule has 0 spiro atoms. The monoisotopic (exact) mass is 263 g/mol. The molecular formula is C15H21NO3. The Morgan fingerprint density at radius 1 is 1.21 bits per heavy atom. The van der Waals surface area contributed by atoms with Crippen molar-refractivity contribution in [1.29, 1.82) is 0 Å². The van der Waals surface area contributed by atoms with Crippen LogP contribution in [-0.4, -0.2) is 33.4 Å². The summed E-state index contributed by atoms with van der Waals surface area (Å²) >= 11 is 0. The van der Waals surface area contributed by atoms with Crippen LogP contribution in [0.15, 0.2) is 12.1 Å². The Hall–Kier alpha value is -1.42. The lowest BCUT2D eigenvalue weighted by Crippen LogP contribution is -2.28. The third kappa shape index (κ3) is 2.50. The van der Waals surface area contributed by atoms with Gasteiger partial charge in [0.05, 0.1) is 20.3 Å². The summed E-state index contributed by atoms with van der Waals surface area (Å²) in [6.45, 7) is 3.52. The smallest absolute Gasteiger partial charge is 0.203 e. The van der Waals surface area contributed by atoms with Crippen LogP contribution in [-0.2, 0) is 0 Å². The van der Waals surface area contributed by atoms with Crippen molar-refractivity contribution in [3.63, 3.8) is 0 Å². The second-order valence-corrected chi connectivity index (χ2v) is 5.11. The third-order valence-electron chi connectivity index (χ3n) is 3.84. The molecule has 4 heteroatoms. The Kier molecular flexibility index (Phi) is 3.78. The lowest BCUT2D eigenvalue weighted by molar-refractivity contribution is 0.287. The van der Waals surface area contributed by atoms with E-state index in [-0.39, 0.29) is 0 Å². The molecule has 1 aromatic carbocycles. The zero-order valence-electron chi connectivity index (χ0n) is 11.4. The van der Waals surface area contributed by atoms with Crippen molar-refractivity contribution in [3.05, 3.63) is 17.7 Å². The van der Waals surface area contributed by atoms with Crippen molar-refractivity contribution >= 4 is 0 Å². The number of fused-ring (bicyclic) bond motifs is 1. The van der Waals surface area contributed by atoms with E-state index in [2.05, 4.69) is 11.4 Å². The summed E-state index contributed by atoms with van der Waals surface area (Å²) in [5.74, 6) is 2.94. The third-order valence-corrected chi connectivity index (χ3v) is 3.84. The molecule has 4 nitrogen and oxygen atoms in total. The Morgan fingerprint density at radius 2 is 2.11 bits per heavy atom. The van der Waals surface area contributed by atoms with Crippen molar-refractivity contribution in [2.75, 3.05) is 33.4 Å². The van der Waals surface area contributed by atoms with Crippen molar-refractivity contribution in [3.8, 4) is 17.2 Å². The Morgan fingerprint density at radius 3 is 2.89 bits per heavy atom. The zero-order valence-corrected chi connectivity index (χ0v) is 11.4. The minimum atomic E-state index is 0.501. The summed E-state index contributed by atoms with van der Waals surface area (Å²) in [6.07, 6.45) is 3.32. The molecule has 104 valence electrons. The van der Waals surface area contributed by atoms with Gasteiger partial charge in [-0.2, -0.15) is 0 Å². The van der Waals surface area contributed by atoms with Crippen molar-refractivity contribution in [2.45, 2.75) is 25.2 Å². The predicted octanol–water partition coefficient (Wildman–Crippen LogP) is 2.32.